The zero-order valence-corrected chi connectivity index (χ0v) is 10.6. The van der Waals surface area contributed by atoms with Crippen LogP contribution in [0, 0.1) is 5.92 Å². The highest BCUT2D eigenvalue weighted by Crippen LogP contribution is 2.12. The molecule has 0 aliphatic rings. The summed E-state index contributed by atoms with van der Waals surface area (Å²) in [5.41, 5.74) is 0. The van der Waals surface area contributed by atoms with Crippen molar-refractivity contribution in [3.8, 4) is 0 Å². The second-order valence-electron chi connectivity index (χ2n) is 4.13. The van der Waals surface area contributed by atoms with Gasteiger partial charge in [0.1, 0.15) is 5.78 Å². The molecule has 0 fully saturated rings. The van der Waals surface area contributed by atoms with Gasteiger partial charge in [0.05, 0.1) is 6.61 Å². The summed E-state index contributed by atoms with van der Waals surface area (Å²) in [6, 6.07) is 0. The Labute approximate surface area is 94.4 Å². The van der Waals surface area contributed by atoms with Gasteiger partial charge in [-0.1, -0.05) is 40.0 Å². The Kier molecular flexibility index (Phi) is 9.91. The monoisotopic (exact) mass is 214 g/mol. The lowest BCUT2D eigenvalue weighted by molar-refractivity contribution is -0.119. The Bertz CT molecular complexity index is 155. The average molecular weight is 214 g/mol. The van der Waals surface area contributed by atoms with E-state index < -0.39 is 0 Å². The molecular formula is C13H26O2. The SMILES string of the molecule is CCCCC(CC)COCCC(=O)CC. The van der Waals surface area contributed by atoms with Crippen molar-refractivity contribution in [3.63, 3.8) is 0 Å². The standard InChI is InChI=1S/C13H26O2/c1-4-7-8-12(5-2)11-15-10-9-13(14)6-3/h12H,4-11H2,1-3H3. The summed E-state index contributed by atoms with van der Waals surface area (Å²) in [6.07, 6.45) is 6.20. The van der Waals surface area contributed by atoms with E-state index in [2.05, 4.69) is 13.8 Å². The Morgan fingerprint density at radius 1 is 1.27 bits per heavy atom. The Morgan fingerprint density at radius 3 is 2.53 bits per heavy atom. The van der Waals surface area contributed by atoms with Gasteiger partial charge in [0.15, 0.2) is 0 Å². The third-order valence-electron chi connectivity index (χ3n) is 2.82. The van der Waals surface area contributed by atoms with Crippen LogP contribution in [0.15, 0.2) is 0 Å². The predicted octanol–water partition coefficient (Wildman–Crippen LogP) is 3.59. The Balaban J connectivity index is 3.41. The highest BCUT2D eigenvalue weighted by atomic mass is 16.5. The minimum atomic E-state index is 0.302. The van der Waals surface area contributed by atoms with Crippen molar-refractivity contribution in [1.82, 2.24) is 0 Å². The predicted molar refractivity (Wildman–Crippen MR) is 64.0 cm³/mol. The molecule has 90 valence electrons. The lowest BCUT2D eigenvalue weighted by atomic mass is 10.0. The highest BCUT2D eigenvalue weighted by Gasteiger charge is 2.06. The lowest BCUT2D eigenvalue weighted by Gasteiger charge is -2.14. The van der Waals surface area contributed by atoms with Crippen molar-refractivity contribution in [1.29, 1.82) is 0 Å². The summed E-state index contributed by atoms with van der Waals surface area (Å²) < 4.78 is 5.54. The van der Waals surface area contributed by atoms with Gasteiger partial charge in [-0.15, -0.1) is 0 Å². The van der Waals surface area contributed by atoms with Crippen molar-refractivity contribution in [2.45, 2.75) is 59.3 Å². The number of hydrogen-bond donors (Lipinski definition) is 0. The zero-order chi connectivity index (χ0) is 11.5. The molecule has 2 nitrogen and oxygen atoms in total. The largest absolute Gasteiger partial charge is 0.381 e. The van der Waals surface area contributed by atoms with Gasteiger partial charge in [-0.05, 0) is 12.3 Å². The normalized spacial score (nSPS) is 12.7. The molecule has 0 spiro atoms. The van der Waals surface area contributed by atoms with E-state index in [0.29, 0.717) is 31.1 Å². The first-order chi connectivity index (χ1) is 7.24. The number of ether oxygens (including phenoxy) is 1. The summed E-state index contributed by atoms with van der Waals surface area (Å²) in [5, 5.41) is 0. The fraction of sp³-hybridized carbons (Fsp3) is 0.923. The van der Waals surface area contributed by atoms with Crippen molar-refractivity contribution >= 4 is 5.78 Å². The van der Waals surface area contributed by atoms with E-state index >= 15 is 0 Å². The first-order valence-electron chi connectivity index (χ1n) is 6.33. The molecule has 15 heavy (non-hydrogen) atoms. The molecule has 0 saturated carbocycles. The molecule has 0 aromatic heterocycles. The van der Waals surface area contributed by atoms with Gasteiger partial charge in [-0.25, -0.2) is 0 Å². The summed E-state index contributed by atoms with van der Waals surface area (Å²) in [4.78, 5) is 11.0. The number of unbranched alkanes of at least 4 members (excludes halogenated alkanes) is 1. The third-order valence-corrected chi connectivity index (χ3v) is 2.82. The van der Waals surface area contributed by atoms with E-state index in [1.54, 1.807) is 0 Å². The quantitative estimate of drug-likeness (QED) is 0.519. The first-order valence-corrected chi connectivity index (χ1v) is 6.33. The van der Waals surface area contributed by atoms with Crippen LogP contribution in [-0.2, 0) is 9.53 Å². The number of ketones is 1. The molecule has 0 N–H and O–H groups in total. The number of rotatable bonds is 10. The second kappa shape index (κ2) is 10.2. The summed E-state index contributed by atoms with van der Waals surface area (Å²) in [6.45, 7) is 7.76. The van der Waals surface area contributed by atoms with Crippen LogP contribution in [-0.4, -0.2) is 19.0 Å². The highest BCUT2D eigenvalue weighted by molar-refractivity contribution is 5.78. The van der Waals surface area contributed by atoms with E-state index in [0.717, 1.165) is 6.61 Å². The third kappa shape index (κ3) is 8.61. The topological polar surface area (TPSA) is 26.3 Å². The molecule has 0 bridgehead atoms. The molecule has 0 radical (unpaired) electrons. The zero-order valence-electron chi connectivity index (χ0n) is 10.6. The van der Waals surface area contributed by atoms with E-state index in [1.807, 2.05) is 6.92 Å². The molecule has 0 aromatic carbocycles. The molecule has 1 atom stereocenters. The van der Waals surface area contributed by atoms with Crippen molar-refractivity contribution < 1.29 is 9.53 Å². The fourth-order valence-electron chi connectivity index (χ4n) is 1.51. The number of carbonyl (C=O) groups excluding carboxylic acids is 1. The Hall–Kier alpha value is -0.370. The van der Waals surface area contributed by atoms with Gasteiger partial charge in [0.2, 0.25) is 0 Å². The van der Waals surface area contributed by atoms with Gasteiger partial charge >= 0.3 is 0 Å². The molecule has 2 heteroatoms. The fourth-order valence-corrected chi connectivity index (χ4v) is 1.51. The van der Waals surface area contributed by atoms with Crippen LogP contribution in [0.25, 0.3) is 0 Å². The molecule has 0 heterocycles. The molecule has 0 aliphatic heterocycles. The maximum absolute atomic E-state index is 11.0. The average Bonchev–Trinajstić information content (AvgIpc) is 2.27. The number of carbonyl (C=O) groups is 1. The van der Waals surface area contributed by atoms with Crippen LogP contribution < -0.4 is 0 Å². The first kappa shape index (κ1) is 14.6. The van der Waals surface area contributed by atoms with Crippen molar-refractivity contribution in [3.05, 3.63) is 0 Å². The molecule has 0 aliphatic carbocycles. The molecular weight excluding hydrogens is 188 g/mol. The lowest BCUT2D eigenvalue weighted by Crippen LogP contribution is -2.11. The second-order valence-corrected chi connectivity index (χ2v) is 4.13. The Morgan fingerprint density at radius 2 is 2.00 bits per heavy atom. The molecule has 1 unspecified atom stereocenters. The van der Waals surface area contributed by atoms with Crippen LogP contribution in [0.4, 0.5) is 0 Å². The van der Waals surface area contributed by atoms with Gasteiger partial charge in [-0.3, -0.25) is 4.79 Å². The summed E-state index contributed by atoms with van der Waals surface area (Å²) >= 11 is 0. The van der Waals surface area contributed by atoms with E-state index in [9.17, 15) is 4.79 Å². The smallest absolute Gasteiger partial charge is 0.134 e. The van der Waals surface area contributed by atoms with Crippen molar-refractivity contribution in [2.75, 3.05) is 13.2 Å². The van der Waals surface area contributed by atoms with E-state index in [4.69, 9.17) is 4.74 Å². The molecule has 0 saturated heterocycles. The van der Waals surface area contributed by atoms with Crippen LogP contribution in [0.5, 0.6) is 0 Å². The minimum absolute atomic E-state index is 0.302. The van der Waals surface area contributed by atoms with Crippen LogP contribution in [0.3, 0.4) is 0 Å². The van der Waals surface area contributed by atoms with Gasteiger partial charge in [0.25, 0.3) is 0 Å². The van der Waals surface area contributed by atoms with Gasteiger partial charge in [0, 0.05) is 19.4 Å². The maximum atomic E-state index is 11.0. The maximum Gasteiger partial charge on any atom is 0.134 e. The number of hydrogen-bond acceptors (Lipinski definition) is 2. The van der Waals surface area contributed by atoms with Crippen LogP contribution >= 0.6 is 0 Å². The molecule has 0 aromatic rings. The van der Waals surface area contributed by atoms with E-state index in [-0.39, 0.29) is 0 Å². The van der Waals surface area contributed by atoms with Gasteiger partial charge in [-0.2, -0.15) is 0 Å². The molecule has 0 rings (SSSR count). The van der Waals surface area contributed by atoms with Gasteiger partial charge < -0.3 is 4.74 Å². The van der Waals surface area contributed by atoms with E-state index in [1.165, 1.54) is 25.7 Å². The summed E-state index contributed by atoms with van der Waals surface area (Å²) in [5.74, 6) is 0.985. The van der Waals surface area contributed by atoms with Crippen molar-refractivity contribution in [2.24, 2.45) is 5.92 Å². The van der Waals surface area contributed by atoms with Crippen LogP contribution in [0.1, 0.15) is 59.3 Å². The molecule has 0 amide bonds. The van der Waals surface area contributed by atoms with Crippen LogP contribution in [0.2, 0.25) is 0 Å². The summed E-state index contributed by atoms with van der Waals surface area (Å²) in [7, 11) is 0. The minimum Gasteiger partial charge on any atom is -0.381 e. The number of Topliss-reactive ketones (excluding diaryl/α,β-unsaturated/α-hetero) is 1.